The van der Waals surface area contributed by atoms with Crippen molar-refractivity contribution in [2.45, 2.75) is 0 Å². The van der Waals surface area contributed by atoms with Gasteiger partial charge in [0.05, 0.1) is 10.2 Å². The van der Waals surface area contributed by atoms with E-state index in [1.165, 1.54) is 0 Å². The number of hydrogen-bond donors (Lipinski definition) is 0. The predicted molar refractivity (Wildman–Crippen MR) is 195 cm³/mol. The monoisotopic (exact) mass is 665 g/mol. The van der Waals surface area contributed by atoms with Crippen LogP contribution in [0.15, 0.2) is 128 Å². The van der Waals surface area contributed by atoms with Crippen LogP contribution in [0.5, 0.6) is 11.5 Å². The lowest BCUT2D eigenvalue weighted by molar-refractivity contribution is 0.625. The highest BCUT2D eigenvalue weighted by atomic mass is 35.5. The van der Waals surface area contributed by atoms with Crippen LogP contribution in [0.3, 0.4) is 0 Å². The molecule has 0 amide bonds. The molecule has 6 aromatic carbocycles. The third-order valence-corrected chi connectivity index (χ3v) is 10.2. The smallest absolute Gasteiger partial charge is 0.172 e. The van der Waals surface area contributed by atoms with E-state index >= 15 is 0 Å². The Morgan fingerprint density at radius 2 is 1.06 bits per heavy atom. The minimum Gasteiger partial charge on any atom is -0.383 e. The summed E-state index contributed by atoms with van der Waals surface area (Å²) >= 11 is 13.5. The first-order chi connectivity index (χ1) is 23.2. The van der Waals surface area contributed by atoms with Crippen molar-refractivity contribution in [2.24, 2.45) is 0 Å². The van der Waals surface area contributed by atoms with E-state index in [0.29, 0.717) is 22.5 Å². The van der Waals surface area contributed by atoms with Gasteiger partial charge in [-0.05, 0) is 98.4 Å². The molecule has 9 rings (SSSR count). The minimum atomic E-state index is 0.506. The van der Waals surface area contributed by atoms with Crippen LogP contribution in [0.25, 0.3) is 86.4 Å². The molecule has 0 fully saturated rings. The van der Waals surface area contributed by atoms with Gasteiger partial charge in [-0.2, -0.15) is 0 Å². The summed E-state index contributed by atoms with van der Waals surface area (Å²) in [5.41, 5.74) is 7.66. The molecule has 0 spiro atoms. The summed E-state index contributed by atoms with van der Waals surface area (Å²) in [6, 6.07) is 39.3. The Morgan fingerprint density at radius 3 is 1.68 bits per heavy atom. The number of halogens is 2. The standard InChI is InChI=1S/C39H21Cl2N3O2S/c40-45-32-17-15-25(28-9-5-19-42-37(28)32)35-23-7-1-2-8-24(23)36(26-16-18-33(46-41)38-29(26)10-6-20-43-38)30-21-22(13-14-27(30)35)39-44-31-11-3-4-12-34(31)47-39/h1-21H. The van der Waals surface area contributed by atoms with Crippen LogP contribution in [0.2, 0.25) is 0 Å². The van der Waals surface area contributed by atoms with Crippen molar-refractivity contribution >= 4 is 88.6 Å². The van der Waals surface area contributed by atoms with Crippen molar-refractivity contribution in [1.82, 2.24) is 15.0 Å². The third kappa shape index (κ3) is 4.41. The van der Waals surface area contributed by atoms with Crippen molar-refractivity contribution in [3.8, 4) is 44.3 Å². The zero-order valence-corrected chi connectivity index (χ0v) is 26.8. The quantitative estimate of drug-likeness (QED) is 0.171. The molecule has 5 nitrogen and oxygen atoms in total. The van der Waals surface area contributed by atoms with E-state index in [4.69, 9.17) is 37.3 Å². The first-order valence-corrected chi connectivity index (χ1v) is 16.3. The second kappa shape index (κ2) is 11.2. The SMILES string of the molecule is ClOc1ccc(-c2c3ccccc3c(-c3ccc(OCl)c4ncccc34)c3cc(-c4nc5ccccc5s4)ccc23)c2cccnc12. The lowest BCUT2D eigenvalue weighted by Crippen LogP contribution is -1.94. The van der Waals surface area contributed by atoms with Crippen LogP contribution >= 0.6 is 35.1 Å². The van der Waals surface area contributed by atoms with Gasteiger partial charge in [0.1, 0.15) is 39.8 Å². The number of thiazole rings is 1. The number of benzene rings is 6. The lowest BCUT2D eigenvalue weighted by Gasteiger charge is -2.20. The molecule has 224 valence electrons. The fourth-order valence-electron chi connectivity index (χ4n) is 6.74. The van der Waals surface area contributed by atoms with E-state index in [1.807, 2.05) is 36.4 Å². The number of pyridine rings is 2. The van der Waals surface area contributed by atoms with E-state index in [2.05, 4.69) is 88.8 Å². The van der Waals surface area contributed by atoms with E-state index in [0.717, 1.165) is 75.4 Å². The normalized spacial score (nSPS) is 11.6. The first-order valence-electron chi connectivity index (χ1n) is 14.9. The number of rotatable bonds is 5. The van der Waals surface area contributed by atoms with Gasteiger partial charge in [-0.3, -0.25) is 9.97 Å². The highest BCUT2D eigenvalue weighted by molar-refractivity contribution is 7.21. The predicted octanol–water partition coefficient (Wildman–Crippen LogP) is 11.8. The maximum atomic E-state index is 5.91. The van der Waals surface area contributed by atoms with Gasteiger partial charge in [-0.15, -0.1) is 11.3 Å². The zero-order valence-electron chi connectivity index (χ0n) is 24.4. The Bertz CT molecular complexity index is 2660. The Kier molecular flexibility index (Phi) is 6.68. The number of nitrogens with zero attached hydrogens (tertiary/aromatic N) is 3. The van der Waals surface area contributed by atoms with E-state index in [1.54, 1.807) is 23.7 Å². The second-order valence-electron chi connectivity index (χ2n) is 11.2. The molecule has 0 atom stereocenters. The molecule has 0 saturated heterocycles. The van der Waals surface area contributed by atoms with E-state index < -0.39 is 0 Å². The molecule has 0 saturated carbocycles. The summed E-state index contributed by atoms with van der Waals surface area (Å²) in [5, 5.41) is 7.20. The van der Waals surface area contributed by atoms with Gasteiger partial charge >= 0.3 is 0 Å². The average Bonchev–Trinajstić information content (AvgIpc) is 3.58. The Hall–Kier alpha value is -5.27. The third-order valence-electron chi connectivity index (χ3n) is 8.74. The molecule has 0 aliphatic heterocycles. The first kappa shape index (κ1) is 28.0. The van der Waals surface area contributed by atoms with Gasteiger partial charge < -0.3 is 8.58 Å². The Balaban J connectivity index is 1.45. The molecule has 0 bridgehead atoms. The summed E-state index contributed by atoms with van der Waals surface area (Å²) in [7, 11) is 0. The lowest BCUT2D eigenvalue weighted by atomic mass is 9.83. The van der Waals surface area contributed by atoms with Crippen LogP contribution < -0.4 is 8.58 Å². The zero-order chi connectivity index (χ0) is 31.5. The van der Waals surface area contributed by atoms with Crippen LogP contribution in [0.4, 0.5) is 0 Å². The molecule has 0 unspecified atom stereocenters. The van der Waals surface area contributed by atoms with Gasteiger partial charge in [0.25, 0.3) is 0 Å². The Morgan fingerprint density at radius 1 is 0.511 bits per heavy atom. The molecule has 0 N–H and O–H groups in total. The fourth-order valence-corrected chi connectivity index (χ4v) is 7.95. The summed E-state index contributed by atoms with van der Waals surface area (Å²) in [6.07, 6.45) is 3.51. The van der Waals surface area contributed by atoms with Crippen molar-refractivity contribution in [2.75, 3.05) is 0 Å². The number of fused-ring (bicyclic) bond motifs is 5. The van der Waals surface area contributed by atoms with E-state index in [-0.39, 0.29) is 0 Å². The van der Waals surface area contributed by atoms with Gasteiger partial charge in [-0.25, -0.2) is 4.98 Å². The molecule has 8 heteroatoms. The molecular formula is C39H21Cl2N3O2S. The highest BCUT2D eigenvalue weighted by Gasteiger charge is 2.22. The highest BCUT2D eigenvalue weighted by Crippen LogP contribution is 2.49. The van der Waals surface area contributed by atoms with Crippen molar-refractivity contribution in [3.63, 3.8) is 0 Å². The number of para-hydroxylation sites is 1. The van der Waals surface area contributed by atoms with Gasteiger partial charge in [0, 0.05) is 28.7 Å². The molecule has 3 aromatic heterocycles. The molecule has 3 heterocycles. The summed E-state index contributed by atoms with van der Waals surface area (Å²) < 4.78 is 11.6. The van der Waals surface area contributed by atoms with Crippen molar-refractivity contribution < 1.29 is 8.58 Å². The van der Waals surface area contributed by atoms with Gasteiger partial charge in [0.15, 0.2) is 11.5 Å². The topological polar surface area (TPSA) is 57.1 Å². The molecular weight excluding hydrogens is 645 g/mol. The summed E-state index contributed by atoms with van der Waals surface area (Å²) in [6.45, 7) is 0. The molecule has 0 aliphatic carbocycles. The summed E-state index contributed by atoms with van der Waals surface area (Å²) in [4.78, 5) is 14.3. The van der Waals surface area contributed by atoms with Crippen LogP contribution in [0.1, 0.15) is 0 Å². The average molecular weight is 667 g/mol. The maximum Gasteiger partial charge on any atom is 0.172 e. The van der Waals surface area contributed by atoms with Crippen molar-refractivity contribution in [3.05, 3.63) is 128 Å². The van der Waals surface area contributed by atoms with Crippen molar-refractivity contribution in [1.29, 1.82) is 0 Å². The molecule has 47 heavy (non-hydrogen) atoms. The summed E-state index contributed by atoms with van der Waals surface area (Å²) in [5.74, 6) is 1.02. The molecule has 9 aromatic rings. The number of aromatic nitrogens is 3. The molecule has 0 radical (unpaired) electrons. The van der Waals surface area contributed by atoms with E-state index in [9.17, 15) is 0 Å². The van der Waals surface area contributed by atoms with Crippen LogP contribution in [-0.2, 0) is 0 Å². The largest absolute Gasteiger partial charge is 0.383 e. The minimum absolute atomic E-state index is 0.506. The second-order valence-corrected chi connectivity index (χ2v) is 12.6. The van der Waals surface area contributed by atoms with Crippen LogP contribution in [-0.4, -0.2) is 15.0 Å². The number of hydrogen-bond acceptors (Lipinski definition) is 6. The van der Waals surface area contributed by atoms with Gasteiger partial charge in [0.2, 0.25) is 0 Å². The van der Waals surface area contributed by atoms with Gasteiger partial charge in [-0.1, -0.05) is 60.7 Å². The Labute approximate surface area is 282 Å². The van der Waals surface area contributed by atoms with Crippen LogP contribution in [0, 0.1) is 0 Å². The maximum absolute atomic E-state index is 5.91. The fraction of sp³-hybridized carbons (Fsp3) is 0. The molecule has 0 aliphatic rings.